The van der Waals surface area contributed by atoms with Crippen molar-refractivity contribution in [3.05, 3.63) is 42.0 Å². The van der Waals surface area contributed by atoms with E-state index in [0.29, 0.717) is 12.7 Å². The molecule has 0 N–H and O–H groups in total. The fraction of sp³-hybridized carbons (Fsp3) is 0.389. The van der Waals surface area contributed by atoms with Gasteiger partial charge in [-0.1, -0.05) is 6.07 Å². The van der Waals surface area contributed by atoms with E-state index < -0.39 is 0 Å². The molecule has 0 saturated heterocycles. The minimum Gasteiger partial charge on any atom is -0.454 e. The van der Waals surface area contributed by atoms with Gasteiger partial charge < -0.3 is 14.4 Å². The molecule has 2 aliphatic rings. The Balaban J connectivity index is 1.49. The van der Waals surface area contributed by atoms with E-state index in [-0.39, 0.29) is 0 Å². The largest absolute Gasteiger partial charge is 0.454 e. The molecular weight excluding hydrogens is 318 g/mol. The Labute approximate surface area is 145 Å². The first-order valence-electron chi connectivity index (χ1n) is 8.66. The highest BCUT2D eigenvalue weighted by Gasteiger charge is 2.29. The van der Waals surface area contributed by atoms with E-state index in [1.807, 2.05) is 24.5 Å². The number of nitrogens with zero attached hydrogens (tertiary/aromatic N) is 5. The summed E-state index contributed by atoms with van der Waals surface area (Å²) < 4.78 is 13.0. The second-order valence-electron chi connectivity index (χ2n) is 6.48. The van der Waals surface area contributed by atoms with Crippen LogP contribution < -0.4 is 14.4 Å². The number of aromatic nitrogens is 4. The highest BCUT2D eigenvalue weighted by atomic mass is 16.7. The van der Waals surface area contributed by atoms with Crippen LogP contribution in [0.25, 0.3) is 5.65 Å². The molecule has 0 radical (unpaired) electrons. The van der Waals surface area contributed by atoms with Crippen LogP contribution in [0.3, 0.4) is 0 Å². The van der Waals surface area contributed by atoms with E-state index in [2.05, 4.69) is 37.5 Å². The molecule has 7 heteroatoms. The summed E-state index contributed by atoms with van der Waals surface area (Å²) in [6, 6.07) is 6.06. The molecule has 1 aliphatic heterocycles. The van der Waals surface area contributed by atoms with Crippen LogP contribution in [-0.4, -0.2) is 32.9 Å². The summed E-state index contributed by atoms with van der Waals surface area (Å²) in [4.78, 5) is 6.79. The lowest BCUT2D eigenvalue weighted by atomic mass is 10.2. The molecule has 0 amide bonds. The lowest BCUT2D eigenvalue weighted by Gasteiger charge is -2.22. The molecule has 1 aliphatic carbocycles. The van der Waals surface area contributed by atoms with Gasteiger partial charge >= 0.3 is 0 Å². The smallest absolute Gasteiger partial charge is 0.231 e. The molecule has 0 bridgehead atoms. The molecule has 1 fully saturated rings. The molecule has 1 aromatic carbocycles. The molecule has 128 valence electrons. The third-order valence-corrected chi connectivity index (χ3v) is 4.77. The average Bonchev–Trinajstić information content (AvgIpc) is 3.21. The van der Waals surface area contributed by atoms with Gasteiger partial charge in [0.2, 0.25) is 12.4 Å². The van der Waals surface area contributed by atoms with Gasteiger partial charge in [-0.15, -0.1) is 10.2 Å². The lowest BCUT2D eigenvalue weighted by Crippen LogP contribution is -2.24. The second kappa shape index (κ2) is 5.61. The first-order valence-corrected chi connectivity index (χ1v) is 8.66. The van der Waals surface area contributed by atoms with Gasteiger partial charge in [0, 0.05) is 31.4 Å². The van der Waals surface area contributed by atoms with Crippen LogP contribution in [-0.2, 0) is 6.54 Å². The number of benzene rings is 1. The maximum atomic E-state index is 5.48. The van der Waals surface area contributed by atoms with Crippen LogP contribution >= 0.6 is 0 Å². The highest BCUT2D eigenvalue weighted by Crippen LogP contribution is 2.39. The van der Waals surface area contributed by atoms with Gasteiger partial charge in [-0.25, -0.2) is 4.98 Å². The fourth-order valence-electron chi connectivity index (χ4n) is 3.27. The van der Waals surface area contributed by atoms with Gasteiger partial charge in [0.15, 0.2) is 17.3 Å². The number of hydrogen-bond donors (Lipinski definition) is 0. The Bertz CT molecular complexity index is 934. The molecule has 0 spiro atoms. The van der Waals surface area contributed by atoms with Crippen LogP contribution in [0.5, 0.6) is 11.5 Å². The Kier molecular flexibility index (Phi) is 3.26. The van der Waals surface area contributed by atoms with Crippen molar-refractivity contribution in [3.8, 4) is 11.5 Å². The summed E-state index contributed by atoms with van der Waals surface area (Å²) in [6.45, 7) is 3.97. The first kappa shape index (κ1) is 14.5. The monoisotopic (exact) mass is 337 g/mol. The van der Waals surface area contributed by atoms with Crippen molar-refractivity contribution in [2.45, 2.75) is 32.2 Å². The predicted molar refractivity (Wildman–Crippen MR) is 92.0 cm³/mol. The minimum atomic E-state index is 0.292. The predicted octanol–water partition coefficient (Wildman–Crippen LogP) is 2.76. The SMILES string of the molecule is CCN(Cc1ccc2c(c1)OCO2)c1nccn2c(C3CC3)nnc12. The van der Waals surface area contributed by atoms with Crippen LogP contribution in [0.1, 0.15) is 37.1 Å². The minimum absolute atomic E-state index is 0.292. The van der Waals surface area contributed by atoms with Crippen molar-refractivity contribution in [2.24, 2.45) is 0 Å². The topological polar surface area (TPSA) is 64.8 Å². The summed E-state index contributed by atoms with van der Waals surface area (Å²) in [5, 5.41) is 8.81. The number of anilines is 1. The van der Waals surface area contributed by atoms with E-state index in [1.165, 1.54) is 12.8 Å². The molecule has 7 nitrogen and oxygen atoms in total. The summed E-state index contributed by atoms with van der Waals surface area (Å²) in [5.74, 6) is 4.07. The van der Waals surface area contributed by atoms with Gasteiger partial charge in [-0.3, -0.25) is 4.40 Å². The van der Waals surface area contributed by atoms with E-state index in [4.69, 9.17) is 9.47 Å². The van der Waals surface area contributed by atoms with Gasteiger partial charge in [0.1, 0.15) is 5.82 Å². The fourth-order valence-corrected chi connectivity index (χ4v) is 3.27. The van der Waals surface area contributed by atoms with E-state index in [9.17, 15) is 0 Å². The maximum Gasteiger partial charge on any atom is 0.231 e. The second-order valence-corrected chi connectivity index (χ2v) is 6.48. The van der Waals surface area contributed by atoms with Gasteiger partial charge in [-0.05, 0) is 37.5 Å². The first-order chi connectivity index (χ1) is 12.3. The zero-order valence-electron chi connectivity index (χ0n) is 14.1. The zero-order chi connectivity index (χ0) is 16.8. The van der Waals surface area contributed by atoms with Gasteiger partial charge in [0.25, 0.3) is 0 Å². The quantitative estimate of drug-likeness (QED) is 0.713. The van der Waals surface area contributed by atoms with Crippen molar-refractivity contribution in [2.75, 3.05) is 18.2 Å². The van der Waals surface area contributed by atoms with Crippen molar-refractivity contribution in [3.63, 3.8) is 0 Å². The molecule has 3 aromatic rings. The molecule has 25 heavy (non-hydrogen) atoms. The van der Waals surface area contributed by atoms with E-state index >= 15 is 0 Å². The molecule has 1 saturated carbocycles. The summed E-state index contributed by atoms with van der Waals surface area (Å²) in [7, 11) is 0. The van der Waals surface area contributed by atoms with Crippen molar-refractivity contribution in [1.82, 2.24) is 19.6 Å². The van der Waals surface area contributed by atoms with Crippen LogP contribution in [0.4, 0.5) is 5.82 Å². The van der Waals surface area contributed by atoms with Crippen LogP contribution in [0, 0.1) is 0 Å². The molecule has 0 unspecified atom stereocenters. The maximum absolute atomic E-state index is 5.48. The lowest BCUT2D eigenvalue weighted by molar-refractivity contribution is 0.174. The van der Waals surface area contributed by atoms with E-state index in [0.717, 1.165) is 47.4 Å². The molecule has 3 heterocycles. The molecule has 0 atom stereocenters. The number of fused-ring (bicyclic) bond motifs is 2. The number of ether oxygens (including phenoxy) is 2. The van der Waals surface area contributed by atoms with Crippen molar-refractivity contribution in [1.29, 1.82) is 0 Å². The van der Waals surface area contributed by atoms with Gasteiger partial charge in [-0.2, -0.15) is 0 Å². The molecule has 2 aromatic heterocycles. The van der Waals surface area contributed by atoms with Crippen molar-refractivity contribution >= 4 is 11.5 Å². The third-order valence-electron chi connectivity index (χ3n) is 4.77. The van der Waals surface area contributed by atoms with E-state index in [1.54, 1.807) is 0 Å². The zero-order valence-corrected chi connectivity index (χ0v) is 14.1. The Morgan fingerprint density at radius 1 is 1.20 bits per heavy atom. The summed E-state index contributed by atoms with van der Waals surface area (Å²) in [6.07, 6.45) is 6.20. The Morgan fingerprint density at radius 2 is 2.08 bits per heavy atom. The third kappa shape index (κ3) is 2.47. The Morgan fingerprint density at radius 3 is 2.92 bits per heavy atom. The van der Waals surface area contributed by atoms with Crippen molar-refractivity contribution < 1.29 is 9.47 Å². The highest BCUT2D eigenvalue weighted by molar-refractivity contribution is 5.64. The molecular formula is C18H19N5O2. The normalized spacial score (nSPS) is 15.7. The summed E-state index contributed by atoms with van der Waals surface area (Å²) >= 11 is 0. The Hall–Kier alpha value is -2.83. The molecule has 5 rings (SSSR count). The standard InChI is InChI=1S/C18H19N5O2/c1-2-22(10-12-3-6-14-15(9-12)25-11-24-14)17-18-21-20-16(13-4-5-13)23(18)8-7-19-17/h3,6-9,13H,2,4-5,10-11H2,1H3. The average molecular weight is 337 g/mol. The van der Waals surface area contributed by atoms with Gasteiger partial charge in [0.05, 0.1) is 0 Å². The van der Waals surface area contributed by atoms with Crippen LogP contribution in [0.2, 0.25) is 0 Å². The number of hydrogen-bond acceptors (Lipinski definition) is 6. The summed E-state index contributed by atoms with van der Waals surface area (Å²) in [5.41, 5.74) is 1.98. The number of rotatable bonds is 5. The van der Waals surface area contributed by atoms with Crippen LogP contribution in [0.15, 0.2) is 30.6 Å².